The Kier molecular flexibility index (Phi) is 3.51. The van der Waals surface area contributed by atoms with Crippen LogP contribution in [-0.2, 0) is 0 Å². The molecule has 1 aromatic heterocycles. The first-order valence-electron chi connectivity index (χ1n) is 6.00. The Labute approximate surface area is 125 Å². The van der Waals surface area contributed by atoms with Gasteiger partial charge in [-0.2, -0.15) is 0 Å². The van der Waals surface area contributed by atoms with Crippen LogP contribution >= 0.6 is 22.9 Å². The van der Waals surface area contributed by atoms with Crippen LogP contribution in [0.3, 0.4) is 0 Å². The number of nitrogens with zero attached hydrogens (tertiary/aromatic N) is 1. The molecule has 20 heavy (non-hydrogen) atoms. The van der Waals surface area contributed by atoms with E-state index in [9.17, 15) is 0 Å². The number of ether oxygens (including phenoxy) is 2. The smallest absolute Gasteiger partial charge is 0.132 e. The molecule has 0 aliphatic carbocycles. The van der Waals surface area contributed by atoms with Gasteiger partial charge in [0.1, 0.15) is 16.5 Å². The lowest BCUT2D eigenvalue weighted by molar-refractivity contribution is 0.395. The molecule has 0 saturated heterocycles. The third kappa shape index (κ3) is 2.32. The van der Waals surface area contributed by atoms with Crippen molar-refractivity contribution in [3.8, 4) is 22.1 Å². The highest BCUT2D eigenvalue weighted by molar-refractivity contribution is 7.21. The Morgan fingerprint density at radius 2 is 1.90 bits per heavy atom. The molecule has 2 aromatic carbocycles. The molecule has 1 heterocycles. The number of fused-ring (bicyclic) bond motifs is 1. The maximum atomic E-state index is 6.00. The second-order valence-corrected chi connectivity index (χ2v) is 5.66. The van der Waals surface area contributed by atoms with Gasteiger partial charge in [-0.15, -0.1) is 11.3 Å². The van der Waals surface area contributed by atoms with Crippen LogP contribution in [0, 0.1) is 0 Å². The first-order valence-corrected chi connectivity index (χ1v) is 7.19. The zero-order valence-corrected chi connectivity index (χ0v) is 12.6. The highest BCUT2D eigenvalue weighted by Gasteiger charge is 2.12. The van der Waals surface area contributed by atoms with E-state index in [2.05, 4.69) is 4.98 Å². The van der Waals surface area contributed by atoms with Gasteiger partial charge in [0.05, 0.1) is 30.0 Å². The number of aromatic nitrogens is 1. The van der Waals surface area contributed by atoms with Gasteiger partial charge in [0, 0.05) is 11.1 Å². The fourth-order valence-corrected chi connectivity index (χ4v) is 3.13. The average Bonchev–Trinajstić information content (AvgIpc) is 2.89. The lowest BCUT2D eigenvalue weighted by Crippen LogP contribution is -1.89. The van der Waals surface area contributed by atoms with Crippen molar-refractivity contribution in [2.75, 3.05) is 14.2 Å². The Bertz CT molecular complexity index is 770. The quantitative estimate of drug-likeness (QED) is 0.706. The molecule has 0 N–H and O–H groups in total. The van der Waals surface area contributed by atoms with Crippen LogP contribution in [0.1, 0.15) is 0 Å². The van der Waals surface area contributed by atoms with E-state index >= 15 is 0 Å². The normalized spacial score (nSPS) is 10.8. The van der Waals surface area contributed by atoms with Gasteiger partial charge < -0.3 is 9.47 Å². The first kappa shape index (κ1) is 13.2. The number of benzene rings is 2. The standard InChI is InChI=1S/C15H12ClNO2S/c1-18-10-4-5-11(13(8-10)19-2)15-17-12-7-9(16)3-6-14(12)20-15/h3-8H,1-2H3. The van der Waals surface area contributed by atoms with E-state index in [4.69, 9.17) is 21.1 Å². The van der Waals surface area contributed by atoms with Crippen LogP contribution in [0.25, 0.3) is 20.8 Å². The van der Waals surface area contributed by atoms with Crippen LogP contribution in [0.2, 0.25) is 5.02 Å². The molecule has 102 valence electrons. The molecule has 0 fully saturated rings. The molecule has 0 unspecified atom stereocenters. The minimum absolute atomic E-state index is 0.691. The van der Waals surface area contributed by atoms with Gasteiger partial charge in [0.15, 0.2) is 0 Å². The summed E-state index contributed by atoms with van der Waals surface area (Å²) in [4.78, 5) is 4.62. The predicted molar refractivity (Wildman–Crippen MR) is 83.2 cm³/mol. The van der Waals surface area contributed by atoms with E-state index in [1.165, 1.54) is 0 Å². The van der Waals surface area contributed by atoms with Crippen molar-refractivity contribution in [3.63, 3.8) is 0 Å². The molecule has 0 radical (unpaired) electrons. The van der Waals surface area contributed by atoms with Crippen molar-refractivity contribution in [1.82, 2.24) is 4.98 Å². The number of hydrogen-bond acceptors (Lipinski definition) is 4. The summed E-state index contributed by atoms with van der Waals surface area (Å²) in [6.45, 7) is 0. The average molecular weight is 306 g/mol. The summed E-state index contributed by atoms with van der Waals surface area (Å²) in [7, 11) is 3.27. The molecule has 0 amide bonds. The van der Waals surface area contributed by atoms with E-state index in [-0.39, 0.29) is 0 Å². The van der Waals surface area contributed by atoms with E-state index in [1.54, 1.807) is 25.6 Å². The minimum atomic E-state index is 0.691. The largest absolute Gasteiger partial charge is 0.497 e. The van der Waals surface area contributed by atoms with Crippen molar-refractivity contribution in [1.29, 1.82) is 0 Å². The third-order valence-corrected chi connectivity index (χ3v) is 4.29. The highest BCUT2D eigenvalue weighted by atomic mass is 35.5. The topological polar surface area (TPSA) is 31.4 Å². The molecular formula is C15H12ClNO2S. The van der Waals surface area contributed by atoms with Crippen molar-refractivity contribution < 1.29 is 9.47 Å². The van der Waals surface area contributed by atoms with Gasteiger partial charge in [-0.25, -0.2) is 4.98 Å². The van der Waals surface area contributed by atoms with Crippen molar-refractivity contribution in [2.24, 2.45) is 0 Å². The molecular weight excluding hydrogens is 294 g/mol. The molecule has 0 atom stereocenters. The van der Waals surface area contributed by atoms with Gasteiger partial charge in [-0.05, 0) is 30.3 Å². The Morgan fingerprint density at radius 1 is 1.05 bits per heavy atom. The molecule has 0 aliphatic rings. The maximum Gasteiger partial charge on any atom is 0.132 e. The highest BCUT2D eigenvalue weighted by Crippen LogP contribution is 2.38. The maximum absolute atomic E-state index is 6.00. The van der Waals surface area contributed by atoms with Gasteiger partial charge in [0.2, 0.25) is 0 Å². The Hall–Kier alpha value is -1.78. The second-order valence-electron chi connectivity index (χ2n) is 4.20. The minimum Gasteiger partial charge on any atom is -0.497 e. The monoisotopic (exact) mass is 305 g/mol. The van der Waals surface area contributed by atoms with Crippen molar-refractivity contribution in [3.05, 3.63) is 41.4 Å². The fraction of sp³-hybridized carbons (Fsp3) is 0.133. The molecule has 0 saturated carbocycles. The van der Waals surface area contributed by atoms with Gasteiger partial charge >= 0.3 is 0 Å². The van der Waals surface area contributed by atoms with Crippen molar-refractivity contribution >= 4 is 33.2 Å². The Balaban J connectivity index is 2.14. The lowest BCUT2D eigenvalue weighted by atomic mass is 10.2. The SMILES string of the molecule is COc1ccc(-c2nc3cc(Cl)ccc3s2)c(OC)c1. The number of thiazole rings is 1. The zero-order chi connectivity index (χ0) is 14.1. The Morgan fingerprint density at radius 3 is 2.65 bits per heavy atom. The zero-order valence-electron chi connectivity index (χ0n) is 11.0. The van der Waals surface area contributed by atoms with Crippen LogP contribution in [-0.4, -0.2) is 19.2 Å². The van der Waals surface area contributed by atoms with E-state index in [0.29, 0.717) is 5.02 Å². The summed E-state index contributed by atoms with van der Waals surface area (Å²) in [5.41, 5.74) is 1.85. The number of rotatable bonds is 3. The second kappa shape index (κ2) is 5.31. The number of methoxy groups -OCH3 is 2. The molecule has 0 aliphatic heterocycles. The molecule has 5 heteroatoms. The van der Waals surface area contributed by atoms with Crippen LogP contribution < -0.4 is 9.47 Å². The van der Waals surface area contributed by atoms with Crippen LogP contribution in [0.15, 0.2) is 36.4 Å². The summed E-state index contributed by atoms with van der Waals surface area (Å²) in [5.74, 6) is 1.50. The summed E-state index contributed by atoms with van der Waals surface area (Å²) < 4.78 is 11.7. The molecule has 0 spiro atoms. The number of hydrogen-bond donors (Lipinski definition) is 0. The summed E-state index contributed by atoms with van der Waals surface area (Å²) >= 11 is 7.61. The van der Waals surface area contributed by atoms with Gasteiger partial charge in [0.25, 0.3) is 0 Å². The molecule has 3 rings (SSSR count). The lowest BCUT2D eigenvalue weighted by Gasteiger charge is -2.07. The number of halogens is 1. The van der Waals surface area contributed by atoms with Gasteiger partial charge in [-0.3, -0.25) is 0 Å². The summed E-state index contributed by atoms with van der Waals surface area (Å²) in [6.07, 6.45) is 0. The van der Waals surface area contributed by atoms with E-state index in [0.717, 1.165) is 32.3 Å². The molecule has 3 aromatic rings. The van der Waals surface area contributed by atoms with Crippen LogP contribution in [0.4, 0.5) is 0 Å². The first-order chi connectivity index (χ1) is 9.71. The fourth-order valence-electron chi connectivity index (χ4n) is 1.99. The third-order valence-electron chi connectivity index (χ3n) is 2.99. The van der Waals surface area contributed by atoms with Gasteiger partial charge in [-0.1, -0.05) is 11.6 Å². The molecule has 3 nitrogen and oxygen atoms in total. The van der Waals surface area contributed by atoms with Crippen molar-refractivity contribution in [2.45, 2.75) is 0 Å². The van der Waals surface area contributed by atoms with Crippen LogP contribution in [0.5, 0.6) is 11.5 Å². The van der Waals surface area contributed by atoms with E-state index in [1.807, 2.05) is 36.4 Å². The summed E-state index contributed by atoms with van der Waals surface area (Å²) in [5, 5.41) is 1.60. The summed E-state index contributed by atoms with van der Waals surface area (Å²) in [6, 6.07) is 11.4. The molecule has 0 bridgehead atoms. The predicted octanol–water partition coefficient (Wildman–Crippen LogP) is 4.63. The van der Waals surface area contributed by atoms with E-state index < -0.39 is 0 Å².